The number of hydrogen-bond donors (Lipinski definition) is 1. The summed E-state index contributed by atoms with van der Waals surface area (Å²) in [5.74, 6) is 0. The lowest BCUT2D eigenvalue weighted by atomic mass is 10.0. The average Bonchev–Trinajstić information content (AvgIpc) is 2.39. The Hall–Kier alpha value is -1.57. The molecule has 102 valence electrons. The van der Waals surface area contributed by atoms with E-state index < -0.39 is 0 Å². The molecular formula is C17H24N2. The minimum Gasteiger partial charge on any atom is -0.399 e. The van der Waals surface area contributed by atoms with Gasteiger partial charge in [0.1, 0.15) is 0 Å². The third kappa shape index (κ3) is 3.69. The Morgan fingerprint density at radius 1 is 1.05 bits per heavy atom. The molecule has 0 aliphatic carbocycles. The molecule has 0 saturated carbocycles. The lowest BCUT2D eigenvalue weighted by Gasteiger charge is -2.08. The highest BCUT2D eigenvalue weighted by atomic mass is 14.7. The Labute approximate surface area is 116 Å². The van der Waals surface area contributed by atoms with Crippen molar-refractivity contribution in [1.82, 2.24) is 4.98 Å². The molecule has 19 heavy (non-hydrogen) atoms. The molecule has 0 aliphatic heterocycles. The average molecular weight is 256 g/mol. The molecule has 2 heteroatoms. The fourth-order valence-electron chi connectivity index (χ4n) is 2.50. The predicted molar refractivity (Wildman–Crippen MR) is 83.4 cm³/mol. The molecule has 0 saturated heterocycles. The Morgan fingerprint density at radius 2 is 1.84 bits per heavy atom. The second-order valence-corrected chi connectivity index (χ2v) is 5.35. The summed E-state index contributed by atoms with van der Waals surface area (Å²) in [6.45, 7) is 4.35. The zero-order chi connectivity index (χ0) is 13.7. The van der Waals surface area contributed by atoms with E-state index in [4.69, 9.17) is 5.73 Å². The first kappa shape index (κ1) is 13.9. The van der Waals surface area contributed by atoms with Crippen LogP contribution in [0, 0.1) is 6.92 Å². The van der Waals surface area contributed by atoms with Gasteiger partial charge in [-0.2, -0.15) is 0 Å². The van der Waals surface area contributed by atoms with Gasteiger partial charge in [0.25, 0.3) is 0 Å². The molecule has 1 heterocycles. The molecular weight excluding hydrogens is 232 g/mol. The van der Waals surface area contributed by atoms with Gasteiger partial charge in [-0.3, -0.25) is 4.98 Å². The second kappa shape index (κ2) is 6.55. The van der Waals surface area contributed by atoms with E-state index in [1.54, 1.807) is 0 Å². The molecule has 0 amide bonds. The Balaban J connectivity index is 2.06. The van der Waals surface area contributed by atoms with Gasteiger partial charge in [0, 0.05) is 16.8 Å². The minimum absolute atomic E-state index is 0.784. The molecule has 0 unspecified atom stereocenters. The van der Waals surface area contributed by atoms with E-state index in [-0.39, 0.29) is 0 Å². The van der Waals surface area contributed by atoms with Crippen molar-refractivity contribution in [3.63, 3.8) is 0 Å². The van der Waals surface area contributed by atoms with Crippen molar-refractivity contribution >= 4 is 16.6 Å². The van der Waals surface area contributed by atoms with Crippen molar-refractivity contribution in [3.8, 4) is 0 Å². The van der Waals surface area contributed by atoms with Crippen LogP contribution in [0.5, 0.6) is 0 Å². The predicted octanol–water partition coefficient (Wildman–Crippen LogP) is 4.64. The Kier molecular flexibility index (Phi) is 4.78. The van der Waals surface area contributed by atoms with Crippen LogP contribution in [0.15, 0.2) is 24.3 Å². The Morgan fingerprint density at radius 3 is 2.63 bits per heavy atom. The highest BCUT2D eigenvalue weighted by Crippen LogP contribution is 2.20. The first-order valence-corrected chi connectivity index (χ1v) is 7.36. The van der Waals surface area contributed by atoms with Crippen LogP contribution in [0.2, 0.25) is 0 Å². The number of nitrogens with two attached hydrogens (primary N) is 1. The van der Waals surface area contributed by atoms with Crippen molar-refractivity contribution in [2.75, 3.05) is 5.73 Å². The fourth-order valence-corrected chi connectivity index (χ4v) is 2.50. The van der Waals surface area contributed by atoms with E-state index in [2.05, 4.69) is 31.0 Å². The molecule has 2 N–H and O–H groups in total. The summed E-state index contributed by atoms with van der Waals surface area (Å²) >= 11 is 0. The van der Waals surface area contributed by atoms with Crippen molar-refractivity contribution in [1.29, 1.82) is 0 Å². The third-order valence-electron chi connectivity index (χ3n) is 3.69. The summed E-state index contributed by atoms with van der Waals surface area (Å²) in [5, 5.41) is 1.20. The van der Waals surface area contributed by atoms with E-state index >= 15 is 0 Å². The molecule has 0 bridgehead atoms. The number of benzene rings is 1. The molecule has 0 aliphatic rings. The topological polar surface area (TPSA) is 38.9 Å². The molecule has 2 nitrogen and oxygen atoms in total. The normalized spacial score (nSPS) is 11.1. The number of hydrogen-bond acceptors (Lipinski definition) is 2. The van der Waals surface area contributed by atoms with Gasteiger partial charge in [0.15, 0.2) is 0 Å². The third-order valence-corrected chi connectivity index (χ3v) is 3.69. The molecule has 0 spiro atoms. The van der Waals surface area contributed by atoms with Crippen LogP contribution in [0.1, 0.15) is 50.3 Å². The van der Waals surface area contributed by atoms with Gasteiger partial charge in [-0.1, -0.05) is 38.7 Å². The van der Waals surface area contributed by atoms with Gasteiger partial charge in [0.05, 0.1) is 5.52 Å². The lowest BCUT2D eigenvalue weighted by Crippen LogP contribution is -1.95. The molecule has 0 atom stereocenters. The van der Waals surface area contributed by atoms with Crippen molar-refractivity contribution in [2.24, 2.45) is 0 Å². The summed E-state index contributed by atoms with van der Waals surface area (Å²) < 4.78 is 0. The number of pyridine rings is 1. The first-order valence-electron chi connectivity index (χ1n) is 7.36. The standard InChI is InChI=1S/C17H24N2/c1-3-4-5-6-7-8-14-11-15-9-10-16(18)12-17(15)19-13(14)2/h9-12H,3-8,18H2,1-2H3. The van der Waals surface area contributed by atoms with Crippen molar-refractivity contribution < 1.29 is 0 Å². The monoisotopic (exact) mass is 256 g/mol. The van der Waals surface area contributed by atoms with Crippen LogP contribution in [0.3, 0.4) is 0 Å². The van der Waals surface area contributed by atoms with E-state index in [9.17, 15) is 0 Å². The van der Waals surface area contributed by atoms with Crippen LogP contribution in [0.25, 0.3) is 10.9 Å². The van der Waals surface area contributed by atoms with Gasteiger partial charge in [-0.15, -0.1) is 0 Å². The zero-order valence-corrected chi connectivity index (χ0v) is 12.1. The van der Waals surface area contributed by atoms with Gasteiger partial charge >= 0.3 is 0 Å². The van der Waals surface area contributed by atoms with Gasteiger partial charge in [0.2, 0.25) is 0 Å². The van der Waals surface area contributed by atoms with Crippen LogP contribution >= 0.6 is 0 Å². The van der Waals surface area contributed by atoms with Gasteiger partial charge in [-0.05, 0) is 43.5 Å². The highest BCUT2D eigenvalue weighted by molar-refractivity contribution is 5.82. The van der Waals surface area contributed by atoms with E-state index in [0.29, 0.717) is 0 Å². The number of aryl methyl sites for hydroxylation is 2. The first-order chi connectivity index (χ1) is 9.20. The fraction of sp³-hybridized carbons (Fsp3) is 0.471. The maximum absolute atomic E-state index is 5.80. The molecule has 1 aromatic carbocycles. The number of fused-ring (bicyclic) bond motifs is 1. The van der Waals surface area contributed by atoms with E-state index in [1.165, 1.54) is 43.1 Å². The van der Waals surface area contributed by atoms with Crippen LogP contribution in [0.4, 0.5) is 5.69 Å². The largest absolute Gasteiger partial charge is 0.399 e. The molecule has 0 fully saturated rings. The van der Waals surface area contributed by atoms with Crippen molar-refractivity contribution in [2.45, 2.75) is 52.4 Å². The lowest BCUT2D eigenvalue weighted by molar-refractivity contribution is 0.631. The number of rotatable bonds is 6. The highest BCUT2D eigenvalue weighted by Gasteiger charge is 2.03. The SMILES string of the molecule is CCCCCCCc1cc2ccc(N)cc2nc1C. The summed E-state index contributed by atoms with van der Waals surface area (Å²) in [6, 6.07) is 8.24. The van der Waals surface area contributed by atoms with Crippen LogP contribution < -0.4 is 5.73 Å². The number of unbranched alkanes of at least 4 members (excludes halogenated alkanes) is 4. The quantitative estimate of drug-likeness (QED) is 0.604. The van der Waals surface area contributed by atoms with Crippen molar-refractivity contribution in [3.05, 3.63) is 35.5 Å². The number of aromatic nitrogens is 1. The molecule has 2 aromatic rings. The van der Waals surface area contributed by atoms with E-state index in [0.717, 1.165) is 23.3 Å². The molecule has 0 radical (unpaired) electrons. The number of anilines is 1. The maximum atomic E-state index is 5.80. The summed E-state index contributed by atoms with van der Waals surface area (Å²) in [4.78, 5) is 4.67. The van der Waals surface area contributed by atoms with Gasteiger partial charge < -0.3 is 5.73 Å². The zero-order valence-electron chi connectivity index (χ0n) is 12.1. The molecule has 2 rings (SSSR count). The summed E-state index contributed by atoms with van der Waals surface area (Å²) in [5.41, 5.74) is 10.1. The minimum atomic E-state index is 0.784. The van der Waals surface area contributed by atoms with Crippen LogP contribution in [-0.2, 0) is 6.42 Å². The summed E-state index contributed by atoms with van der Waals surface area (Å²) in [6.07, 6.45) is 7.75. The maximum Gasteiger partial charge on any atom is 0.0725 e. The van der Waals surface area contributed by atoms with Crippen LogP contribution in [-0.4, -0.2) is 4.98 Å². The smallest absolute Gasteiger partial charge is 0.0725 e. The molecule has 1 aromatic heterocycles. The number of nitrogens with zero attached hydrogens (tertiary/aromatic N) is 1. The van der Waals surface area contributed by atoms with E-state index in [1.807, 2.05) is 12.1 Å². The Bertz CT molecular complexity index is 546. The summed E-state index contributed by atoms with van der Waals surface area (Å²) in [7, 11) is 0. The van der Waals surface area contributed by atoms with Gasteiger partial charge in [-0.25, -0.2) is 0 Å². The second-order valence-electron chi connectivity index (χ2n) is 5.35. The number of nitrogen functional groups attached to an aromatic ring is 1.